The minimum Gasteiger partial charge on any atom is -0.462 e. The molecule has 0 bridgehead atoms. The van der Waals surface area contributed by atoms with Crippen LogP contribution >= 0.6 is 0 Å². The van der Waals surface area contributed by atoms with Crippen molar-refractivity contribution in [1.82, 2.24) is 9.80 Å². The molecule has 172 valence electrons. The van der Waals surface area contributed by atoms with Gasteiger partial charge in [-0.1, -0.05) is 20.8 Å². The molecule has 0 aliphatic carbocycles. The van der Waals surface area contributed by atoms with Crippen molar-refractivity contribution in [3.8, 4) is 6.07 Å². The number of hydrogen-bond donors (Lipinski definition) is 0. The van der Waals surface area contributed by atoms with E-state index in [0.29, 0.717) is 56.4 Å². The molecule has 0 radical (unpaired) electrons. The quantitative estimate of drug-likeness (QED) is 0.670. The van der Waals surface area contributed by atoms with Gasteiger partial charge >= 0.3 is 5.97 Å². The topological polar surface area (TPSA) is 90.7 Å². The molecule has 0 spiro atoms. The van der Waals surface area contributed by atoms with Crippen molar-refractivity contribution < 1.29 is 19.1 Å². The molecule has 0 unspecified atom stereocenters. The molecule has 2 fully saturated rings. The predicted octanol–water partition coefficient (Wildman–Crippen LogP) is 3.52. The molecule has 0 saturated carbocycles. The average molecular weight is 440 g/mol. The SMILES string of the molecule is CC(C)(C)CC(=O)OC1CCN(C(=O)[C@@]2(C)CCCN2C(=O)c2ccc(C#N)cc2)CC1. The summed E-state index contributed by atoms with van der Waals surface area (Å²) in [6, 6.07) is 8.57. The lowest BCUT2D eigenvalue weighted by Gasteiger charge is -2.40. The Labute approximate surface area is 190 Å². The first-order valence-corrected chi connectivity index (χ1v) is 11.3. The van der Waals surface area contributed by atoms with Crippen molar-refractivity contribution in [2.45, 2.75) is 71.4 Å². The van der Waals surface area contributed by atoms with Crippen LogP contribution in [0.1, 0.15) is 75.7 Å². The van der Waals surface area contributed by atoms with Gasteiger partial charge in [0.1, 0.15) is 11.6 Å². The van der Waals surface area contributed by atoms with E-state index < -0.39 is 5.54 Å². The maximum absolute atomic E-state index is 13.5. The van der Waals surface area contributed by atoms with Crippen molar-refractivity contribution in [2.75, 3.05) is 19.6 Å². The van der Waals surface area contributed by atoms with E-state index in [4.69, 9.17) is 10.00 Å². The first-order chi connectivity index (χ1) is 15.0. The molecular weight excluding hydrogens is 406 g/mol. The number of likely N-dealkylation sites (tertiary alicyclic amines) is 2. The molecule has 1 aromatic carbocycles. The summed E-state index contributed by atoms with van der Waals surface area (Å²) in [6.45, 7) is 9.41. The molecule has 0 aromatic heterocycles. The van der Waals surface area contributed by atoms with E-state index in [2.05, 4.69) is 0 Å². The number of hydrogen-bond acceptors (Lipinski definition) is 5. The van der Waals surface area contributed by atoms with Crippen LogP contribution in [-0.2, 0) is 14.3 Å². The Morgan fingerprint density at radius 2 is 1.75 bits per heavy atom. The first-order valence-electron chi connectivity index (χ1n) is 11.3. The molecular formula is C25H33N3O4. The summed E-state index contributed by atoms with van der Waals surface area (Å²) in [7, 11) is 0. The van der Waals surface area contributed by atoms with E-state index in [0.717, 1.165) is 6.42 Å². The number of nitrogens with zero attached hydrogens (tertiary/aromatic N) is 3. The van der Waals surface area contributed by atoms with Crippen LogP contribution in [0.15, 0.2) is 24.3 Å². The second-order valence-electron chi connectivity index (χ2n) is 10.2. The lowest BCUT2D eigenvalue weighted by molar-refractivity contribution is -0.155. The number of amides is 2. The summed E-state index contributed by atoms with van der Waals surface area (Å²) in [5.41, 5.74) is -0.0292. The highest BCUT2D eigenvalue weighted by molar-refractivity contribution is 5.99. The largest absolute Gasteiger partial charge is 0.462 e. The smallest absolute Gasteiger partial charge is 0.306 e. The molecule has 7 heteroatoms. The van der Waals surface area contributed by atoms with Gasteiger partial charge in [-0.05, 0) is 49.4 Å². The maximum Gasteiger partial charge on any atom is 0.306 e. The van der Waals surface area contributed by atoms with Crippen LogP contribution in [0.2, 0.25) is 0 Å². The van der Waals surface area contributed by atoms with Gasteiger partial charge in [0.05, 0.1) is 18.1 Å². The van der Waals surface area contributed by atoms with Crippen molar-refractivity contribution >= 4 is 17.8 Å². The van der Waals surface area contributed by atoms with Gasteiger partial charge in [0.15, 0.2) is 0 Å². The molecule has 2 saturated heterocycles. The number of carbonyl (C=O) groups is 3. The summed E-state index contributed by atoms with van der Waals surface area (Å²) >= 11 is 0. The van der Waals surface area contributed by atoms with E-state index >= 15 is 0 Å². The zero-order chi connectivity index (χ0) is 23.5. The molecule has 1 aromatic rings. The number of nitriles is 1. The lowest BCUT2D eigenvalue weighted by atomic mass is 9.92. The molecule has 2 aliphatic rings. The Bertz CT molecular complexity index is 905. The van der Waals surface area contributed by atoms with Crippen molar-refractivity contribution in [3.63, 3.8) is 0 Å². The fourth-order valence-corrected chi connectivity index (χ4v) is 4.53. The number of piperidine rings is 1. The Morgan fingerprint density at radius 1 is 1.12 bits per heavy atom. The molecule has 2 heterocycles. The zero-order valence-corrected chi connectivity index (χ0v) is 19.5. The molecule has 32 heavy (non-hydrogen) atoms. The van der Waals surface area contributed by atoms with E-state index in [1.807, 2.05) is 33.8 Å². The summed E-state index contributed by atoms with van der Waals surface area (Å²) in [4.78, 5) is 42.2. The van der Waals surface area contributed by atoms with Gasteiger partial charge < -0.3 is 14.5 Å². The standard InChI is InChI=1S/C25H33N3O4/c1-24(2,3)16-21(29)32-20-10-14-27(15-11-20)23(31)25(4)12-5-13-28(25)22(30)19-8-6-18(17-26)7-9-19/h6-9,20H,5,10-16H2,1-4H3/t25-/m1/s1. The Hall–Kier alpha value is -2.88. The Morgan fingerprint density at radius 3 is 2.31 bits per heavy atom. The minimum atomic E-state index is -0.888. The molecule has 2 amide bonds. The summed E-state index contributed by atoms with van der Waals surface area (Å²) in [6.07, 6.45) is 2.82. The van der Waals surface area contributed by atoms with Crippen LogP contribution in [0.3, 0.4) is 0 Å². The summed E-state index contributed by atoms with van der Waals surface area (Å²) in [5.74, 6) is -0.422. The number of benzene rings is 1. The third-order valence-corrected chi connectivity index (χ3v) is 6.31. The number of esters is 1. The summed E-state index contributed by atoms with van der Waals surface area (Å²) < 4.78 is 5.62. The Kier molecular flexibility index (Phi) is 6.92. The lowest BCUT2D eigenvalue weighted by Crippen LogP contribution is -2.58. The molecule has 7 nitrogen and oxygen atoms in total. The van der Waals surface area contributed by atoms with Gasteiger partial charge in [-0.25, -0.2) is 0 Å². The van der Waals surface area contributed by atoms with E-state index in [1.54, 1.807) is 34.1 Å². The maximum atomic E-state index is 13.5. The fraction of sp³-hybridized carbons (Fsp3) is 0.600. The van der Waals surface area contributed by atoms with Gasteiger partial charge in [-0.15, -0.1) is 0 Å². The van der Waals surface area contributed by atoms with Gasteiger partial charge in [0.2, 0.25) is 5.91 Å². The second-order valence-corrected chi connectivity index (χ2v) is 10.2. The third-order valence-electron chi connectivity index (χ3n) is 6.31. The highest BCUT2D eigenvalue weighted by atomic mass is 16.5. The number of rotatable bonds is 4. The highest BCUT2D eigenvalue weighted by Gasteiger charge is 2.48. The minimum absolute atomic E-state index is 0.0449. The normalized spacial score (nSPS) is 21.8. The van der Waals surface area contributed by atoms with Gasteiger partial charge in [-0.3, -0.25) is 14.4 Å². The highest BCUT2D eigenvalue weighted by Crippen LogP contribution is 2.33. The van der Waals surface area contributed by atoms with Gasteiger partial charge in [0, 0.05) is 38.0 Å². The van der Waals surface area contributed by atoms with Crippen LogP contribution in [0.4, 0.5) is 0 Å². The Balaban J connectivity index is 1.62. The molecule has 0 N–H and O–H groups in total. The monoisotopic (exact) mass is 439 g/mol. The summed E-state index contributed by atoms with van der Waals surface area (Å²) in [5, 5.41) is 8.97. The van der Waals surface area contributed by atoms with Crippen molar-refractivity contribution in [3.05, 3.63) is 35.4 Å². The number of carbonyl (C=O) groups excluding carboxylic acids is 3. The van der Waals surface area contributed by atoms with Crippen LogP contribution in [0.5, 0.6) is 0 Å². The van der Waals surface area contributed by atoms with E-state index in [1.165, 1.54) is 0 Å². The fourth-order valence-electron chi connectivity index (χ4n) is 4.53. The molecule has 3 rings (SSSR count). The molecule has 1 atom stereocenters. The predicted molar refractivity (Wildman–Crippen MR) is 120 cm³/mol. The zero-order valence-electron chi connectivity index (χ0n) is 19.5. The van der Waals surface area contributed by atoms with Crippen molar-refractivity contribution in [2.24, 2.45) is 5.41 Å². The third kappa shape index (κ3) is 5.29. The van der Waals surface area contributed by atoms with E-state index in [9.17, 15) is 14.4 Å². The second kappa shape index (κ2) is 9.32. The van der Waals surface area contributed by atoms with Crippen LogP contribution in [-0.4, -0.2) is 58.9 Å². The van der Waals surface area contributed by atoms with E-state index in [-0.39, 0.29) is 29.3 Å². The average Bonchev–Trinajstić information content (AvgIpc) is 3.14. The van der Waals surface area contributed by atoms with Gasteiger partial charge in [0.25, 0.3) is 5.91 Å². The number of ether oxygens (including phenoxy) is 1. The van der Waals surface area contributed by atoms with Crippen LogP contribution in [0.25, 0.3) is 0 Å². The van der Waals surface area contributed by atoms with Crippen LogP contribution < -0.4 is 0 Å². The first kappa shape index (κ1) is 23.8. The molecule has 2 aliphatic heterocycles. The van der Waals surface area contributed by atoms with Crippen molar-refractivity contribution in [1.29, 1.82) is 5.26 Å². The van der Waals surface area contributed by atoms with Crippen LogP contribution in [0, 0.1) is 16.7 Å². The van der Waals surface area contributed by atoms with Gasteiger partial charge in [-0.2, -0.15) is 5.26 Å².